The van der Waals surface area contributed by atoms with Crippen molar-refractivity contribution >= 4 is 56.0 Å². The third kappa shape index (κ3) is 9.31. The first-order chi connectivity index (χ1) is 33.1. The third-order valence-corrected chi connectivity index (χ3v) is 15.3. The predicted octanol–water partition coefficient (Wildman–Crippen LogP) is 6.39. The van der Waals surface area contributed by atoms with Crippen molar-refractivity contribution in [2.75, 3.05) is 70.9 Å². The molecule has 9 rings (SSSR count). The highest BCUT2D eigenvalue weighted by atomic mass is 32.2. The van der Waals surface area contributed by atoms with Gasteiger partial charge in [0, 0.05) is 112 Å². The summed E-state index contributed by atoms with van der Waals surface area (Å²) >= 11 is 0. The lowest BCUT2D eigenvalue weighted by atomic mass is 9.90. The number of nitrogens with one attached hydrogen (secondary N) is 2. The maximum atomic E-state index is 14.0. The number of alkyl halides is 3. The molecule has 0 bridgehead atoms. The fraction of sp³-hybridized carbons (Fsp3) is 0.420. The van der Waals surface area contributed by atoms with E-state index in [0.29, 0.717) is 104 Å². The van der Waals surface area contributed by atoms with Gasteiger partial charge in [-0.3, -0.25) is 24.2 Å². The molecule has 2 saturated heterocycles. The molecular weight excluding hydrogens is 926 g/mol. The lowest BCUT2D eigenvalue weighted by Crippen LogP contribution is -2.57. The van der Waals surface area contributed by atoms with Crippen LogP contribution in [-0.4, -0.2) is 107 Å². The van der Waals surface area contributed by atoms with Gasteiger partial charge in [-0.1, -0.05) is 20.4 Å². The molecule has 2 aromatic carbocycles. The minimum absolute atomic E-state index is 0.0138. The van der Waals surface area contributed by atoms with E-state index in [4.69, 9.17) is 4.98 Å². The van der Waals surface area contributed by atoms with Crippen molar-refractivity contribution in [1.82, 2.24) is 24.0 Å². The molecule has 0 unspecified atom stereocenters. The Morgan fingerprint density at radius 2 is 1.76 bits per heavy atom. The Morgan fingerprint density at radius 1 is 1.00 bits per heavy atom. The van der Waals surface area contributed by atoms with Gasteiger partial charge in [-0.2, -0.15) is 13.2 Å². The standard InChI is InChI=1S/C50H57F3N10O6S/c1-7-44(65)56-38-23-32(8-10-40(38)61-19-18-60(27-30(61)2)33-13-16-59(17-14-33)34-9-11-43(70(6,68)69)37(24-34)50(51,52)53)55-45-48(67)58(5)28-39(57-45)35-12-15-54-46(36(35)29-64)63-21-20-62-41(47(63)66)22-31-25-49(3,4)26-42(31)62/h7-12,15,22-24,28,30,33,64H,1,13-14,16-21,25-27,29H2,2-6H3,(H,55,57)(H,56,65)/t30-/m0/s1. The number of hydrogen-bond acceptors (Lipinski definition) is 12. The van der Waals surface area contributed by atoms with Gasteiger partial charge in [0.2, 0.25) is 5.91 Å². The summed E-state index contributed by atoms with van der Waals surface area (Å²) in [6, 6.07) is 12.7. The SMILES string of the molecule is C=CC(=O)Nc1cc(Nc2nc(-c3ccnc(N4CCn5c(cc6c5CC(C)(C)C6)C4=O)c3CO)cn(C)c2=O)ccc1N1CCN(C2CCN(c3ccc(S(C)(=O)=O)c(C(F)(F)F)c3)CC2)C[C@@H]1C. The number of aryl methyl sites for hydroxylation is 1. The lowest BCUT2D eigenvalue weighted by Gasteiger charge is -2.47. The van der Waals surface area contributed by atoms with Crippen LogP contribution in [0.4, 0.5) is 47.6 Å². The van der Waals surface area contributed by atoms with E-state index >= 15 is 0 Å². The van der Waals surface area contributed by atoms with Crippen LogP contribution in [0.5, 0.6) is 0 Å². The minimum Gasteiger partial charge on any atom is -0.392 e. The largest absolute Gasteiger partial charge is 0.417 e. The number of carbonyl (C=O) groups is 2. The summed E-state index contributed by atoms with van der Waals surface area (Å²) in [5, 5.41) is 16.9. The molecule has 3 aromatic heterocycles. The maximum absolute atomic E-state index is 14.0. The Bertz CT molecular complexity index is 3090. The molecule has 2 amide bonds. The summed E-state index contributed by atoms with van der Waals surface area (Å²) in [7, 11) is -2.48. The Kier molecular flexibility index (Phi) is 12.7. The number of piperazine rings is 1. The fourth-order valence-electron chi connectivity index (χ4n) is 10.7. The number of nitrogens with zero attached hydrogens (tertiary/aromatic N) is 8. The molecule has 0 spiro atoms. The molecule has 0 saturated carbocycles. The van der Waals surface area contributed by atoms with Crippen molar-refractivity contribution < 1.29 is 36.3 Å². The number of hydrogen-bond donors (Lipinski definition) is 3. The van der Waals surface area contributed by atoms with Crippen LogP contribution >= 0.6 is 0 Å². The third-order valence-electron chi connectivity index (χ3n) is 14.1. The van der Waals surface area contributed by atoms with E-state index in [1.54, 1.807) is 42.5 Å². The molecule has 16 nitrogen and oxygen atoms in total. The number of aliphatic hydroxyl groups excluding tert-OH is 1. The van der Waals surface area contributed by atoms with Crippen molar-refractivity contribution in [3.05, 3.63) is 112 Å². The van der Waals surface area contributed by atoms with Crippen LogP contribution in [0.2, 0.25) is 0 Å². The van der Waals surface area contributed by atoms with Gasteiger partial charge in [-0.25, -0.2) is 18.4 Å². The molecule has 1 atom stereocenters. The Morgan fingerprint density at radius 3 is 2.44 bits per heavy atom. The van der Waals surface area contributed by atoms with Gasteiger partial charge in [0.1, 0.15) is 11.5 Å². The van der Waals surface area contributed by atoms with E-state index in [0.717, 1.165) is 36.9 Å². The summed E-state index contributed by atoms with van der Waals surface area (Å²) in [6.07, 6.45) is 3.47. The normalized spacial score (nSPS) is 18.7. The summed E-state index contributed by atoms with van der Waals surface area (Å²) in [5.41, 5.74) is 4.82. The molecule has 0 radical (unpaired) electrons. The highest BCUT2D eigenvalue weighted by Crippen LogP contribution is 2.41. The van der Waals surface area contributed by atoms with Crippen molar-refractivity contribution in [1.29, 1.82) is 0 Å². The van der Waals surface area contributed by atoms with Crippen LogP contribution in [-0.2, 0) is 53.8 Å². The van der Waals surface area contributed by atoms with Crippen molar-refractivity contribution in [3.63, 3.8) is 0 Å². The molecule has 3 aliphatic heterocycles. The van der Waals surface area contributed by atoms with Gasteiger partial charge in [-0.15, -0.1) is 0 Å². The molecule has 3 N–H and O–H groups in total. The van der Waals surface area contributed by atoms with E-state index < -0.39 is 44.5 Å². The first kappa shape index (κ1) is 48.5. The molecule has 6 heterocycles. The number of carbonyl (C=O) groups excluding carboxylic acids is 2. The predicted molar refractivity (Wildman–Crippen MR) is 263 cm³/mol. The molecular formula is C50H57F3N10O6S. The minimum atomic E-state index is -4.82. The van der Waals surface area contributed by atoms with Gasteiger partial charge < -0.3 is 34.7 Å². The van der Waals surface area contributed by atoms with Crippen LogP contribution in [0, 0.1) is 5.41 Å². The zero-order valence-electron chi connectivity index (χ0n) is 39.8. The monoisotopic (exact) mass is 982 g/mol. The Hall–Kier alpha value is -6.51. The second-order valence-electron chi connectivity index (χ2n) is 19.6. The van der Waals surface area contributed by atoms with Crippen LogP contribution < -0.4 is 30.9 Å². The average molecular weight is 983 g/mol. The summed E-state index contributed by atoms with van der Waals surface area (Å²) < 4.78 is 69.5. The lowest BCUT2D eigenvalue weighted by molar-refractivity contribution is -0.139. The number of pyridine rings is 1. The smallest absolute Gasteiger partial charge is 0.392 e. The highest BCUT2D eigenvalue weighted by Gasteiger charge is 2.40. The molecule has 20 heteroatoms. The molecule has 2 fully saturated rings. The number of aromatic nitrogens is 4. The number of benzene rings is 2. The molecule has 5 aromatic rings. The van der Waals surface area contributed by atoms with Crippen LogP contribution in [0.15, 0.2) is 83.3 Å². The number of sulfone groups is 1. The van der Waals surface area contributed by atoms with E-state index in [9.17, 15) is 41.1 Å². The van der Waals surface area contributed by atoms with E-state index in [1.807, 2.05) is 17.0 Å². The topological polar surface area (TPSA) is 178 Å². The average Bonchev–Trinajstić information content (AvgIpc) is 3.81. The molecule has 1 aliphatic carbocycles. The van der Waals surface area contributed by atoms with Gasteiger partial charge >= 0.3 is 6.18 Å². The van der Waals surface area contributed by atoms with Gasteiger partial charge in [-0.05, 0) is 98.2 Å². The second-order valence-corrected chi connectivity index (χ2v) is 21.6. The van der Waals surface area contributed by atoms with Crippen LogP contribution in [0.1, 0.15) is 66.5 Å². The molecule has 70 heavy (non-hydrogen) atoms. The highest BCUT2D eigenvalue weighted by molar-refractivity contribution is 7.90. The number of aliphatic hydroxyl groups is 1. The van der Waals surface area contributed by atoms with Crippen molar-refractivity contribution in [3.8, 4) is 11.3 Å². The molecule has 4 aliphatic rings. The van der Waals surface area contributed by atoms with Gasteiger partial charge in [0.05, 0.1) is 34.1 Å². The quantitative estimate of drug-likeness (QED) is 0.125. The number of rotatable bonds is 11. The number of piperidine rings is 1. The summed E-state index contributed by atoms with van der Waals surface area (Å²) in [5.74, 6) is -0.318. The zero-order valence-corrected chi connectivity index (χ0v) is 40.6. The number of amides is 2. The van der Waals surface area contributed by atoms with Crippen LogP contribution in [0.3, 0.4) is 0 Å². The maximum Gasteiger partial charge on any atom is 0.417 e. The van der Waals surface area contributed by atoms with E-state index in [1.165, 1.54) is 28.0 Å². The first-order valence-electron chi connectivity index (χ1n) is 23.4. The van der Waals surface area contributed by atoms with Crippen LogP contribution in [0.25, 0.3) is 11.3 Å². The Labute approximate surface area is 404 Å². The van der Waals surface area contributed by atoms with E-state index in [2.05, 4.69) is 57.3 Å². The fourth-order valence-corrected chi connectivity index (χ4v) is 11.6. The van der Waals surface area contributed by atoms with Gasteiger partial charge in [0.25, 0.3) is 11.5 Å². The number of fused-ring (bicyclic) bond motifs is 3. The van der Waals surface area contributed by atoms with Gasteiger partial charge in [0.15, 0.2) is 15.7 Å². The first-order valence-corrected chi connectivity index (χ1v) is 25.2. The molecule has 370 valence electrons. The number of anilines is 6. The summed E-state index contributed by atoms with van der Waals surface area (Å²) in [6.45, 7) is 13.7. The Balaban J connectivity index is 0.909. The van der Waals surface area contributed by atoms with E-state index in [-0.39, 0.29) is 29.2 Å². The number of halogens is 3. The summed E-state index contributed by atoms with van der Waals surface area (Å²) in [4.78, 5) is 57.2. The zero-order chi connectivity index (χ0) is 50.0. The van der Waals surface area contributed by atoms with Crippen molar-refractivity contribution in [2.45, 2.75) is 82.8 Å². The second kappa shape index (κ2) is 18.3. The van der Waals surface area contributed by atoms with Crippen molar-refractivity contribution in [2.24, 2.45) is 12.5 Å².